The number of aliphatic hydroxyl groups excluding tert-OH is 1. The Bertz CT molecular complexity index is 631. The highest BCUT2D eigenvalue weighted by molar-refractivity contribution is 5.93. The average molecular weight is 299 g/mol. The van der Waals surface area contributed by atoms with Gasteiger partial charge in [0.2, 0.25) is 0 Å². The minimum Gasteiger partial charge on any atom is -0.395 e. The number of aliphatic hydroxyl groups is 1. The molecule has 1 saturated heterocycles. The number of aromatic nitrogens is 1. The molecule has 22 heavy (non-hydrogen) atoms. The minimum atomic E-state index is 0.258. The van der Waals surface area contributed by atoms with E-state index in [1.807, 2.05) is 6.20 Å². The largest absolute Gasteiger partial charge is 0.395 e. The molecule has 118 valence electrons. The van der Waals surface area contributed by atoms with Crippen LogP contribution in [0.3, 0.4) is 0 Å². The van der Waals surface area contributed by atoms with Gasteiger partial charge in [0.25, 0.3) is 0 Å². The van der Waals surface area contributed by atoms with Gasteiger partial charge >= 0.3 is 0 Å². The molecule has 1 aliphatic rings. The second-order valence-electron chi connectivity index (χ2n) is 6.07. The molecule has 2 heterocycles. The number of hydrogen-bond acceptors (Lipinski definition) is 4. The quantitative estimate of drug-likeness (QED) is 0.941. The van der Waals surface area contributed by atoms with Crippen molar-refractivity contribution in [2.24, 2.45) is 0 Å². The van der Waals surface area contributed by atoms with Crippen molar-refractivity contribution in [3.63, 3.8) is 0 Å². The molecule has 2 aromatic rings. The Morgan fingerprint density at radius 1 is 1.18 bits per heavy atom. The molecule has 0 saturated carbocycles. The molecule has 1 N–H and O–H groups in total. The molecule has 1 aromatic heterocycles. The lowest BCUT2D eigenvalue weighted by atomic mass is 10.1. The van der Waals surface area contributed by atoms with Gasteiger partial charge in [0, 0.05) is 49.5 Å². The van der Waals surface area contributed by atoms with Gasteiger partial charge in [-0.05, 0) is 25.0 Å². The zero-order valence-corrected chi connectivity index (χ0v) is 13.5. The molecule has 0 bridgehead atoms. The predicted octanol–water partition coefficient (Wildman–Crippen LogP) is 2.44. The van der Waals surface area contributed by atoms with E-state index in [9.17, 15) is 5.11 Å². The van der Waals surface area contributed by atoms with Crippen molar-refractivity contribution < 1.29 is 5.11 Å². The van der Waals surface area contributed by atoms with Crippen LogP contribution in [-0.4, -0.2) is 53.8 Å². The lowest BCUT2D eigenvalue weighted by molar-refractivity contribution is 0.114. The third kappa shape index (κ3) is 2.81. The number of rotatable bonds is 4. The van der Waals surface area contributed by atoms with Crippen molar-refractivity contribution in [1.82, 2.24) is 9.88 Å². The van der Waals surface area contributed by atoms with E-state index >= 15 is 0 Å². The SMILES string of the molecule is CCC(CO)N1CCN(c2ccnc3c(C)cccc23)CC1. The summed E-state index contributed by atoms with van der Waals surface area (Å²) in [4.78, 5) is 9.39. The Morgan fingerprint density at radius 2 is 1.95 bits per heavy atom. The van der Waals surface area contributed by atoms with Crippen molar-refractivity contribution in [1.29, 1.82) is 0 Å². The number of fused-ring (bicyclic) bond motifs is 1. The van der Waals surface area contributed by atoms with Gasteiger partial charge in [-0.3, -0.25) is 9.88 Å². The maximum atomic E-state index is 9.47. The normalized spacial score (nSPS) is 17.9. The number of hydrogen-bond donors (Lipinski definition) is 1. The van der Waals surface area contributed by atoms with Crippen LogP contribution < -0.4 is 4.90 Å². The summed E-state index contributed by atoms with van der Waals surface area (Å²) in [5.41, 5.74) is 3.61. The number of piperazine rings is 1. The van der Waals surface area contributed by atoms with Crippen molar-refractivity contribution in [2.45, 2.75) is 26.3 Å². The van der Waals surface area contributed by atoms with Crippen LogP contribution in [0.2, 0.25) is 0 Å². The summed E-state index contributed by atoms with van der Waals surface area (Å²) in [5.74, 6) is 0. The van der Waals surface area contributed by atoms with E-state index < -0.39 is 0 Å². The smallest absolute Gasteiger partial charge is 0.0751 e. The number of anilines is 1. The Morgan fingerprint density at radius 3 is 2.64 bits per heavy atom. The number of aryl methyl sites for hydroxylation is 1. The van der Waals surface area contributed by atoms with E-state index in [1.165, 1.54) is 16.6 Å². The van der Waals surface area contributed by atoms with E-state index in [1.54, 1.807) is 0 Å². The Balaban J connectivity index is 1.81. The van der Waals surface area contributed by atoms with E-state index in [0.29, 0.717) is 6.04 Å². The van der Waals surface area contributed by atoms with Crippen molar-refractivity contribution in [2.75, 3.05) is 37.7 Å². The first-order valence-electron chi connectivity index (χ1n) is 8.18. The number of benzene rings is 1. The Labute approximate surface area is 132 Å². The average Bonchev–Trinajstić information content (AvgIpc) is 2.57. The molecule has 0 aliphatic carbocycles. The van der Waals surface area contributed by atoms with Gasteiger partial charge in [0.1, 0.15) is 0 Å². The summed E-state index contributed by atoms with van der Waals surface area (Å²) in [5, 5.41) is 10.7. The number of pyridine rings is 1. The Kier molecular flexibility index (Phi) is 4.60. The second-order valence-corrected chi connectivity index (χ2v) is 6.07. The highest BCUT2D eigenvalue weighted by Crippen LogP contribution is 2.28. The summed E-state index contributed by atoms with van der Waals surface area (Å²) in [7, 11) is 0. The van der Waals surface area contributed by atoms with E-state index in [-0.39, 0.29) is 6.61 Å². The number of para-hydroxylation sites is 1. The maximum Gasteiger partial charge on any atom is 0.0751 e. The summed E-state index contributed by atoms with van der Waals surface area (Å²) >= 11 is 0. The van der Waals surface area contributed by atoms with E-state index in [0.717, 1.165) is 38.1 Å². The van der Waals surface area contributed by atoms with Gasteiger partial charge in [-0.2, -0.15) is 0 Å². The zero-order valence-electron chi connectivity index (χ0n) is 13.5. The second kappa shape index (κ2) is 6.63. The van der Waals surface area contributed by atoms with Gasteiger partial charge in [-0.15, -0.1) is 0 Å². The van der Waals surface area contributed by atoms with Crippen LogP contribution in [-0.2, 0) is 0 Å². The number of nitrogens with zero attached hydrogens (tertiary/aromatic N) is 3. The summed E-state index contributed by atoms with van der Waals surface area (Å²) in [6.45, 7) is 8.54. The Hall–Kier alpha value is -1.65. The first-order chi connectivity index (χ1) is 10.7. The topological polar surface area (TPSA) is 39.6 Å². The lowest BCUT2D eigenvalue weighted by Gasteiger charge is -2.39. The standard InChI is InChI=1S/C18H25N3O/c1-3-15(13-22)20-9-11-21(12-10-20)17-7-8-19-18-14(2)5-4-6-16(17)18/h4-8,15,22H,3,9-13H2,1-2H3. The molecule has 1 aromatic carbocycles. The molecule has 0 spiro atoms. The van der Waals surface area contributed by atoms with Crippen molar-refractivity contribution >= 4 is 16.6 Å². The fraction of sp³-hybridized carbons (Fsp3) is 0.500. The van der Waals surface area contributed by atoms with Crippen LogP contribution in [0.5, 0.6) is 0 Å². The van der Waals surface area contributed by atoms with Crippen LogP contribution in [0.4, 0.5) is 5.69 Å². The molecule has 1 unspecified atom stereocenters. The molecule has 1 fully saturated rings. The van der Waals surface area contributed by atoms with Crippen LogP contribution in [0, 0.1) is 6.92 Å². The highest BCUT2D eigenvalue weighted by Gasteiger charge is 2.23. The monoisotopic (exact) mass is 299 g/mol. The first-order valence-corrected chi connectivity index (χ1v) is 8.18. The maximum absolute atomic E-state index is 9.47. The first kappa shape index (κ1) is 15.3. The molecule has 1 aliphatic heterocycles. The molecular formula is C18H25N3O. The predicted molar refractivity (Wildman–Crippen MR) is 91.4 cm³/mol. The molecular weight excluding hydrogens is 274 g/mol. The van der Waals surface area contributed by atoms with Gasteiger partial charge < -0.3 is 10.0 Å². The van der Waals surface area contributed by atoms with Crippen molar-refractivity contribution in [3.8, 4) is 0 Å². The third-order valence-electron chi connectivity index (χ3n) is 4.80. The fourth-order valence-corrected chi connectivity index (χ4v) is 3.42. The van der Waals surface area contributed by atoms with Crippen LogP contribution >= 0.6 is 0 Å². The molecule has 4 heteroatoms. The van der Waals surface area contributed by atoms with Gasteiger partial charge in [-0.1, -0.05) is 25.1 Å². The molecule has 3 rings (SSSR count). The molecule has 4 nitrogen and oxygen atoms in total. The molecule has 0 radical (unpaired) electrons. The zero-order chi connectivity index (χ0) is 15.5. The molecule has 0 amide bonds. The fourth-order valence-electron chi connectivity index (χ4n) is 3.42. The van der Waals surface area contributed by atoms with Crippen molar-refractivity contribution in [3.05, 3.63) is 36.0 Å². The summed E-state index contributed by atoms with van der Waals surface area (Å²) in [6.07, 6.45) is 2.92. The summed E-state index contributed by atoms with van der Waals surface area (Å²) in [6, 6.07) is 8.82. The van der Waals surface area contributed by atoms with Crippen LogP contribution in [0.1, 0.15) is 18.9 Å². The lowest BCUT2D eigenvalue weighted by Crippen LogP contribution is -2.51. The van der Waals surface area contributed by atoms with E-state index in [2.05, 4.69) is 52.9 Å². The highest BCUT2D eigenvalue weighted by atomic mass is 16.3. The summed E-state index contributed by atoms with van der Waals surface area (Å²) < 4.78 is 0. The van der Waals surface area contributed by atoms with Crippen LogP contribution in [0.25, 0.3) is 10.9 Å². The van der Waals surface area contributed by atoms with Gasteiger partial charge in [-0.25, -0.2) is 0 Å². The van der Waals surface area contributed by atoms with Crippen LogP contribution in [0.15, 0.2) is 30.5 Å². The van der Waals surface area contributed by atoms with Gasteiger partial charge in [0.05, 0.1) is 12.1 Å². The third-order valence-corrected chi connectivity index (χ3v) is 4.80. The van der Waals surface area contributed by atoms with Gasteiger partial charge in [0.15, 0.2) is 0 Å². The van der Waals surface area contributed by atoms with E-state index in [4.69, 9.17) is 0 Å². The minimum absolute atomic E-state index is 0.258. The molecule has 1 atom stereocenters.